The highest BCUT2D eigenvalue weighted by Gasteiger charge is 2.31. The van der Waals surface area contributed by atoms with Gasteiger partial charge in [-0.15, -0.1) is 0 Å². The van der Waals surface area contributed by atoms with Crippen molar-refractivity contribution in [2.75, 3.05) is 18.1 Å². The Bertz CT molecular complexity index is 620. The van der Waals surface area contributed by atoms with Crippen LogP contribution < -0.4 is 0 Å². The molecule has 0 radical (unpaired) electrons. The van der Waals surface area contributed by atoms with E-state index in [1.807, 2.05) is 6.92 Å². The minimum absolute atomic E-state index is 0.0136. The zero-order chi connectivity index (χ0) is 14.0. The Morgan fingerprint density at radius 3 is 2.79 bits per heavy atom. The first-order chi connectivity index (χ1) is 8.96. The third-order valence-corrected chi connectivity index (χ3v) is 6.43. The van der Waals surface area contributed by atoms with Crippen LogP contribution in [0.5, 0.6) is 0 Å². The van der Waals surface area contributed by atoms with E-state index in [1.54, 1.807) is 35.1 Å². The second-order valence-electron chi connectivity index (χ2n) is 4.63. The highest BCUT2D eigenvalue weighted by molar-refractivity contribution is 7.99. The number of hydrogen-bond acceptors (Lipinski definition) is 4. The van der Waals surface area contributed by atoms with Crippen LogP contribution in [0, 0.1) is 18.3 Å². The van der Waals surface area contributed by atoms with Crippen LogP contribution in [0.1, 0.15) is 18.1 Å². The van der Waals surface area contributed by atoms with Crippen molar-refractivity contribution in [3.63, 3.8) is 0 Å². The number of sulfonamides is 1. The van der Waals surface area contributed by atoms with Gasteiger partial charge in [-0.3, -0.25) is 0 Å². The van der Waals surface area contributed by atoms with Gasteiger partial charge in [0.15, 0.2) is 0 Å². The van der Waals surface area contributed by atoms with Crippen LogP contribution in [-0.2, 0) is 10.0 Å². The Kier molecular flexibility index (Phi) is 4.19. The predicted octanol–water partition coefficient (Wildman–Crippen LogP) is 1.99. The molecule has 1 unspecified atom stereocenters. The van der Waals surface area contributed by atoms with Gasteiger partial charge in [-0.1, -0.05) is 0 Å². The molecule has 1 heterocycles. The molecule has 1 aliphatic rings. The smallest absolute Gasteiger partial charge is 0.207 e. The molecule has 0 saturated carbocycles. The standard InChI is InChI=1S/C13H16N2O2S2/c1-10-7-13(4-3-12(10)8-14)19(16,17)15-5-6-18-9-11(15)2/h3-4,7,11H,5-6,9H2,1-2H3. The van der Waals surface area contributed by atoms with E-state index in [0.29, 0.717) is 17.7 Å². The molecular formula is C13H16N2O2S2. The van der Waals surface area contributed by atoms with E-state index in [9.17, 15) is 8.42 Å². The van der Waals surface area contributed by atoms with Crippen LogP contribution in [0.2, 0.25) is 0 Å². The van der Waals surface area contributed by atoms with E-state index < -0.39 is 10.0 Å². The van der Waals surface area contributed by atoms with Gasteiger partial charge in [-0.05, 0) is 37.6 Å². The monoisotopic (exact) mass is 296 g/mol. The van der Waals surface area contributed by atoms with Crippen LogP contribution in [0.3, 0.4) is 0 Å². The summed E-state index contributed by atoms with van der Waals surface area (Å²) in [6, 6.07) is 6.75. The van der Waals surface area contributed by atoms with E-state index in [-0.39, 0.29) is 10.9 Å². The molecule has 0 amide bonds. The summed E-state index contributed by atoms with van der Waals surface area (Å²) in [7, 11) is -3.45. The zero-order valence-electron chi connectivity index (χ0n) is 11.0. The van der Waals surface area contributed by atoms with Gasteiger partial charge >= 0.3 is 0 Å². The second-order valence-corrected chi connectivity index (χ2v) is 7.67. The fraction of sp³-hybridized carbons (Fsp3) is 0.462. The molecule has 6 heteroatoms. The van der Waals surface area contributed by atoms with Crippen molar-refractivity contribution in [2.45, 2.75) is 24.8 Å². The average molecular weight is 296 g/mol. The van der Waals surface area contributed by atoms with Crippen molar-refractivity contribution in [1.29, 1.82) is 5.26 Å². The molecule has 1 saturated heterocycles. The molecule has 19 heavy (non-hydrogen) atoms. The third kappa shape index (κ3) is 2.78. The molecule has 0 spiro atoms. The van der Waals surface area contributed by atoms with Gasteiger partial charge in [-0.2, -0.15) is 21.3 Å². The van der Waals surface area contributed by atoms with Gasteiger partial charge in [0.25, 0.3) is 0 Å². The van der Waals surface area contributed by atoms with Crippen LogP contribution in [0.15, 0.2) is 23.1 Å². The van der Waals surface area contributed by atoms with E-state index in [1.165, 1.54) is 6.07 Å². The summed E-state index contributed by atoms with van der Waals surface area (Å²) in [4.78, 5) is 0.280. The number of aryl methyl sites for hydroxylation is 1. The van der Waals surface area contributed by atoms with Crippen LogP contribution >= 0.6 is 11.8 Å². The van der Waals surface area contributed by atoms with Crippen LogP contribution in [0.25, 0.3) is 0 Å². The van der Waals surface area contributed by atoms with Gasteiger partial charge in [0.05, 0.1) is 16.5 Å². The summed E-state index contributed by atoms with van der Waals surface area (Å²) in [6.45, 7) is 4.24. The maximum atomic E-state index is 12.6. The molecule has 1 aromatic rings. The number of benzene rings is 1. The largest absolute Gasteiger partial charge is 0.243 e. The van der Waals surface area contributed by atoms with Gasteiger partial charge in [0.1, 0.15) is 0 Å². The van der Waals surface area contributed by atoms with Crippen molar-refractivity contribution in [2.24, 2.45) is 0 Å². The molecule has 102 valence electrons. The number of nitrogens with zero attached hydrogens (tertiary/aromatic N) is 2. The Morgan fingerprint density at radius 1 is 1.47 bits per heavy atom. The molecule has 0 N–H and O–H groups in total. The van der Waals surface area contributed by atoms with E-state index >= 15 is 0 Å². The van der Waals surface area contributed by atoms with Gasteiger partial charge < -0.3 is 0 Å². The maximum absolute atomic E-state index is 12.6. The van der Waals surface area contributed by atoms with Crippen molar-refractivity contribution < 1.29 is 8.42 Å². The molecule has 1 fully saturated rings. The summed E-state index contributed by atoms with van der Waals surface area (Å²) in [5, 5.41) is 8.89. The van der Waals surface area contributed by atoms with Gasteiger partial charge in [0, 0.05) is 24.1 Å². The third-order valence-electron chi connectivity index (χ3n) is 3.23. The lowest BCUT2D eigenvalue weighted by molar-refractivity contribution is 0.367. The van der Waals surface area contributed by atoms with E-state index in [0.717, 1.165) is 11.5 Å². The molecule has 0 aliphatic carbocycles. The molecule has 0 aromatic heterocycles. The Balaban J connectivity index is 2.39. The van der Waals surface area contributed by atoms with Crippen molar-refractivity contribution in [3.05, 3.63) is 29.3 Å². The summed E-state index contributed by atoms with van der Waals surface area (Å²) >= 11 is 1.78. The second kappa shape index (κ2) is 5.53. The van der Waals surface area contributed by atoms with Crippen LogP contribution in [-0.4, -0.2) is 36.8 Å². The van der Waals surface area contributed by atoms with Crippen molar-refractivity contribution in [1.82, 2.24) is 4.31 Å². The fourth-order valence-electron chi connectivity index (χ4n) is 2.13. The Hall–Kier alpha value is -1.03. The first-order valence-electron chi connectivity index (χ1n) is 6.07. The molecule has 1 aliphatic heterocycles. The van der Waals surface area contributed by atoms with E-state index in [4.69, 9.17) is 5.26 Å². The SMILES string of the molecule is Cc1cc(S(=O)(=O)N2CCSCC2C)ccc1C#N. The quantitative estimate of drug-likeness (QED) is 0.837. The summed E-state index contributed by atoms with van der Waals surface area (Å²) in [5.41, 5.74) is 1.21. The normalized spacial score (nSPS) is 21.0. The van der Waals surface area contributed by atoms with Crippen LogP contribution in [0.4, 0.5) is 0 Å². The summed E-state index contributed by atoms with van der Waals surface area (Å²) in [5.74, 6) is 1.66. The molecule has 1 aromatic carbocycles. The molecule has 4 nitrogen and oxygen atoms in total. The highest BCUT2D eigenvalue weighted by Crippen LogP contribution is 2.25. The maximum Gasteiger partial charge on any atom is 0.243 e. The first-order valence-corrected chi connectivity index (χ1v) is 8.66. The minimum Gasteiger partial charge on any atom is -0.207 e. The Morgan fingerprint density at radius 2 is 2.21 bits per heavy atom. The molecular weight excluding hydrogens is 280 g/mol. The number of nitriles is 1. The van der Waals surface area contributed by atoms with Crippen molar-refractivity contribution in [3.8, 4) is 6.07 Å². The predicted molar refractivity (Wildman–Crippen MR) is 76.6 cm³/mol. The Labute approximate surface area is 118 Å². The fourth-order valence-corrected chi connectivity index (χ4v) is 5.07. The summed E-state index contributed by atoms with van der Waals surface area (Å²) in [6.07, 6.45) is 0. The lowest BCUT2D eigenvalue weighted by Gasteiger charge is -2.32. The highest BCUT2D eigenvalue weighted by atomic mass is 32.2. The molecule has 2 rings (SSSR count). The average Bonchev–Trinajstić information content (AvgIpc) is 2.39. The number of hydrogen-bond donors (Lipinski definition) is 0. The topological polar surface area (TPSA) is 61.2 Å². The number of thioether (sulfide) groups is 1. The van der Waals surface area contributed by atoms with Crippen molar-refractivity contribution >= 4 is 21.8 Å². The zero-order valence-corrected chi connectivity index (χ0v) is 12.6. The van der Waals surface area contributed by atoms with E-state index in [2.05, 4.69) is 6.07 Å². The van der Waals surface area contributed by atoms with Gasteiger partial charge in [-0.25, -0.2) is 8.42 Å². The van der Waals surface area contributed by atoms with Gasteiger partial charge in [0.2, 0.25) is 10.0 Å². The molecule has 1 atom stereocenters. The lowest BCUT2D eigenvalue weighted by Crippen LogP contribution is -2.44. The molecule has 0 bridgehead atoms. The number of rotatable bonds is 2. The lowest BCUT2D eigenvalue weighted by atomic mass is 10.1. The summed E-state index contributed by atoms with van der Waals surface area (Å²) < 4.78 is 26.7. The minimum atomic E-state index is -3.45. The first kappa shape index (κ1) is 14.4.